The number of nitrogens with zero attached hydrogens (tertiary/aromatic N) is 2. The van der Waals surface area contributed by atoms with E-state index >= 15 is 4.39 Å². The highest BCUT2D eigenvalue weighted by molar-refractivity contribution is 6.22. The lowest BCUT2D eigenvalue weighted by Crippen LogP contribution is -2.39. The molecule has 0 aliphatic heterocycles. The number of benzene rings is 5. The van der Waals surface area contributed by atoms with Gasteiger partial charge in [-0.15, -0.1) is 11.6 Å². The van der Waals surface area contributed by atoms with Crippen LogP contribution in [0.4, 0.5) is 4.39 Å². The van der Waals surface area contributed by atoms with Gasteiger partial charge in [0.05, 0.1) is 18.4 Å². The minimum atomic E-state index is -1.01. The fourth-order valence-electron chi connectivity index (χ4n) is 6.05. The van der Waals surface area contributed by atoms with Crippen molar-refractivity contribution in [1.29, 1.82) is 0 Å². The second kappa shape index (κ2) is 13.6. The highest BCUT2D eigenvalue weighted by atomic mass is 35.5. The quantitative estimate of drug-likeness (QED) is 0.106. The van der Waals surface area contributed by atoms with Crippen LogP contribution in [-0.2, 0) is 5.54 Å². The molecule has 1 heterocycles. The van der Waals surface area contributed by atoms with Gasteiger partial charge in [0.1, 0.15) is 22.5 Å². The fourth-order valence-corrected chi connectivity index (χ4v) is 6.36. The lowest BCUT2D eigenvalue weighted by Gasteiger charge is -2.39. The summed E-state index contributed by atoms with van der Waals surface area (Å²) in [7, 11) is 0. The highest BCUT2D eigenvalue weighted by Crippen LogP contribution is 2.46. The SMILES string of the molecule is CCOc1cc(OC(C)C)c(F)c(C(Cl)c2nc(-c3ccccc3)cn2C(c2ccccc2)(c2ccccc2)c2ccccc2)c1. The van der Waals surface area contributed by atoms with Gasteiger partial charge in [-0.3, -0.25) is 0 Å². The topological polar surface area (TPSA) is 36.3 Å². The number of aromatic nitrogens is 2. The average Bonchev–Trinajstić information content (AvgIpc) is 3.54. The fraction of sp³-hybridized carbons (Fsp3) is 0.175. The molecule has 4 nitrogen and oxygen atoms in total. The lowest BCUT2D eigenvalue weighted by atomic mass is 9.76. The summed E-state index contributed by atoms with van der Waals surface area (Å²) in [5.41, 5.74) is 3.94. The molecule has 1 aromatic heterocycles. The molecule has 0 bridgehead atoms. The Balaban J connectivity index is 1.70. The Bertz CT molecular complexity index is 1780. The van der Waals surface area contributed by atoms with E-state index in [9.17, 15) is 0 Å². The van der Waals surface area contributed by atoms with Gasteiger partial charge in [-0.1, -0.05) is 121 Å². The van der Waals surface area contributed by atoms with Crippen molar-refractivity contribution in [2.24, 2.45) is 0 Å². The molecule has 0 N–H and O–H groups in total. The third kappa shape index (κ3) is 5.91. The molecule has 1 atom stereocenters. The first-order valence-corrected chi connectivity index (χ1v) is 16.0. The molecule has 0 aliphatic rings. The van der Waals surface area contributed by atoms with E-state index in [2.05, 4.69) is 41.0 Å². The number of halogens is 2. The maximum absolute atomic E-state index is 16.4. The Kier molecular flexibility index (Phi) is 9.23. The molecule has 0 saturated carbocycles. The van der Waals surface area contributed by atoms with Crippen molar-refractivity contribution in [2.75, 3.05) is 6.61 Å². The van der Waals surface area contributed by atoms with Crippen LogP contribution in [0.5, 0.6) is 11.5 Å². The third-order valence-electron chi connectivity index (χ3n) is 7.95. The van der Waals surface area contributed by atoms with Crippen molar-refractivity contribution in [2.45, 2.75) is 37.8 Å². The van der Waals surface area contributed by atoms with E-state index in [1.807, 2.05) is 112 Å². The van der Waals surface area contributed by atoms with Gasteiger partial charge >= 0.3 is 0 Å². The molecular formula is C40H36ClFN2O2. The molecule has 0 aliphatic carbocycles. The zero-order valence-corrected chi connectivity index (χ0v) is 26.9. The Labute approximate surface area is 275 Å². The first kappa shape index (κ1) is 31.1. The molecule has 6 aromatic rings. The van der Waals surface area contributed by atoms with E-state index in [0.717, 1.165) is 22.3 Å². The summed E-state index contributed by atoms with van der Waals surface area (Å²) in [6.07, 6.45) is 1.78. The maximum atomic E-state index is 16.4. The maximum Gasteiger partial charge on any atom is 0.170 e. The first-order valence-electron chi connectivity index (χ1n) is 15.5. The number of rotatable bonds is 11. The van der Waals surface area contributed by atoms with E-state index in [0.29, 0.717) is 23.9 Å². The number of ether oxygens (including phenoxy) is 2. The molecule has 0 amide bonds. The summed E-state index contributed by atoms with van der Waals surface area (Å²) in [6.45, 7) is 6.01. The smallest absolute Gasteiger partial charge is 0.170 e. The number of imidazole rings is 1. The van der Waals surface area contributed by atoms with Gasteiger partial charge in [0.25, 0.3) is 0 Å². The normalized spacial score (nSPS) is 12.2. The Morgan fingerprint density at radius 3 is 1.74 bits per heavy atom. The zero-order valence-electron chi connectivity index (χ0n) is 26.1. The van der Waals surface area contributed by atoms with Crippen LogP contribution in [0.25, 0.3) is 11.3 Å². The molecule has 5 aromatic carbocycles. The van der Waals surface area contributed by atoms with Crippen LogP contribution in [0.15, 0.2) is 140 Å². The van der Waals surface area contributed by atoms with Crippen LogP contribution in [0.2, 0.25) is 0 Å². The van der Waals surface area contributed by atoms with Gasteiger partial charge in [-0.25, -0.2) is 9.37 Å². The number of hydrogen-bond donors (Lipinski definition) is 0. The van der Waals surface area contributed by atoms with E-state index in [1.54, 1.807) is 12.1 Å². The molecule has 1 unspecified atom stereocenters. The Hall–Kier alpha value is -4.87. The second-order valence-electron chi connectivity index (χ2n) is 11.3. The van der Waals surface area contributed by atoms with Gasteiger partial charge in [-0.05, 0) is 43.5 Å². The molecule has 46 heavy (non-hydrogen) atoms. The number of hydrogen-bond acceptors (Lipinski definition) is 3. The predicted molar refractivity (Wildman–Crippen MR) is 183 cm³/mol. The minimum absolute atomic E-state index is 0.0865. The van der Waals surface area contributed by atoms with Crippen molar-refractivity contribution in [3.05, 3.63) is 174 Å². The highest BCUT2D eigenvalue weighted by Gasteiger charge is 2.42. The van der Waals surface area contributed by atoms with Crippen molar-refractivity contribution in [3.63, 3.8) is 0 Å². The summed E-state index contributed by atoms with van der Waals surface area (Å²) in [5.74, 6) is 0.489. The molecular weight excluding hydrogens is 595 g/mol. The van der Waals surface area contributed by atoms with Crippen LogP contribution in [0.1, 0.15) is 54.2 Å². The van der Waals surface area contributed by atoms with Crippen molar-refractivity contribution in [1.82, 2.24) is 9.55 Å². The molecule has 0 saturated heterocycles. The van der Waals surface area contributed by atoms with E-state index < -0.39 is 16.7 Å². The van der Waals surface area contributed by atoms with Gasteiger partial charge in [0.2, 0.25) is 0 Å². The van der Waals surface area contributed by atoms with Crippen molar-refractivity contribution in [3.8, 4) is 22.8 Å². The molecule has 0 fully saturated rings. The standard InChI is InChI=1S/C40H36ClFN2O2/c1-4-45-33-25-34(38(42)36(26-33)46-28(2)3)37(41)39-43-35(29-17-9-5-10-18-29)27-44(39)40(30-19-11-6-12-20-30,31-21-13-7-14-22-31)32-23-15-8-16-24-32/h5-28,37H,4H2,1-3H3. The average molecular weight is 631 g/mol. The van der Waals surface area contributed by atoms with Crippen LogP contribution < -0.4 is 9.47 Å². The van der Waals surface area contributed by atoms with Gasteiger partial charge in [0.15, 0.2) is 11.6 Å². The summed E-state index contributed by atoms with van der Waals surface area (Å²) in [6, 6.07) is 44.1. The first-order chi connectivity index (χ1) is 22.4. The van der Waals surface area contributed by atoms with Gasteiger partial charge in [-0.2, -0.15) is 0 Å². The summed E-state index contributed by atoms with van der Waals surface area (Å²) >= 11 is 7.46. The van der Waals surface area contributed by atoms with Crippen LogP contribution >= 0.6 is 11.6 Å². The largest absolute Gasteiger partial charge is 0.494 e. The van der Waals surface area contributed by atoms with Crippen LogP contribution in [0.3, 0.4) is 0 Å². The van der Waals surface area contributed by atoms with Gasteiger partial charge in [0, 0.05) is 23.4 Å². The van der Waals surface area contributed by atoms with E-state index in [1.165, 1.54) is 0 Å². The predicted octanol–water partition coefficient (Wildman–Crippen LogP) is 10.0. The molecule has 6 rings (SSSR count). The molecule has 232 valence electrons. The van der Waals surface area contributed by atoms with Crippen molar-refractivity contribution < 1.29 is 13.9 Å². The minimum Gasteiger partial charge on any atom is -0.494 e. The summed E-state index contributed by atoms with van der Waals surface area (Å²) in [5, 5.41) is -1.01. The van der Waals surface area contributed by atoms with E-state index in [4.69, 9.17) is 26.1 Å². The van der Waals surface area contributed by atoms with Crippen LogP contribution in [0, 0.1) is 5.82 Å². The lowest BCUT2D eigenvalue weighted by molar-refractivity contribution is 0.228. The van der Waals surface area contributed by atoms with Crippen LogP contribution in [-0.4, -0.2) is 22.3 Å². The van der Waals surface area contributed by atoms with Crippen molar-refractivity contribution >= 4 is 11.6 Å². The number of alkyl halides is 1. The monoisotopic (exact) mass is 630 g/mol. The van der Waals surface area contributed by atoms with Gasteiger partial charge < -0.3 is 14.0 Å². The Morgan fingerprint density at radius 2 is 1.26 bits per heavy atom. The van der Waals surface area contributed by atoms with E-state index in [-0.39, 0.29) is 17.4 Å². The zero-order chi connectivity index (χ0) is 32.1. The summed E-state index contributed by atoms with van der Waals surface area (Å²) in [4.78, 5) is 5.19. The summed E-state index contributed by atoms with van der Waals surface area (Å²) < 4.78 is 30.3. The molecule has 6 heteroatoms. The molecule has 0 spiro atoms. The third-order valence-corrected chi connectivity index (χ3v) is 8.38. The second-order valence-corrected chi connectivity index (χ2v) is 11.8. The molecule has 0 radical (unpaired) electrons. The Morgan fingerprint density at radius 1 is 0.761 bits per heavy atom.